The lowest BCUT2D eigenvalue weighted by atomic mass is 10.2. The fourth-order valence-corrected chi connectivity index (χ4v) is 1.06. The van der Waals surface area contributed by atoms with Crippen LogP contribution in [0.1, 0.15) is 19.3 Å². The summed E-state index contributed by atoms with van der Waals surface area (Å²) in [4.78, 5) is 14.5. The molecule has 0 atom stereocenters. The van der Waals surface area contributed by atoms with E-state index in [4.69, 9.17) is 5.73 Å². The molecule has 0 fully saturated rings. The number of nitrogen functional groups attached to an aromatic ring is 1. The number of anilines is 1. The van der Waals surface area contributed by atoms with Gasteiger partial charge in [0.2, 0.25) is 5.95 Å². The van der Waals surface area contributed by atoms with E-state index in [-0.39, 0.29) is 11.9 Å². The Labute approximate surface area is 82.1 Å². The van der Waals surface area contributed by atoms with Gasteiger partial charge in [-0.15, -0.1) is 5.10 Å². The third-order valence-corrected chi connectivity index (χ3v) is 1.80. The lowest BCUT2D eigenvalue weighted by molar-refractivity contribution is -0.140. The van der Waals surface area contributed by atoms with Crippen molar-refractivity contribution in [2.75, 3.05) is 12.8 Å². The van der Waals surface area contributed by atoms with E-state index < -0.39 is 0 Å². The first kappa shape index (κ1) is 10.5. The second-order valence-electron chi connectivity index (χ2n) is 2.90. The van der Waals surface area contributed by atoms with Gasteiger partial charge in [0.15, 0.2) is 0 Å². The Morgan fingerprint density at radius 3 is 3.00 bits per heavy atom. The average molecular weight is 198 g/mol. The maximum absolute atomic E-state index is 10.8. The number of aryl methyl sites for hydroxylation is 1. The lowest BCUT2D eigenvalue weighted by Crippen LogP contribution is -2.03. The van der Waals surface area contributed by atoms with Gasteiger partial charge in [0, 0.05) is 13.0 Å². The van der Waals surface area contributed by atoms with E-state index in [0.717, 1.165) is 19.4 Å². The Morgan fingerprint density at radius 2 is 2.43 bits per heavy atom. The molecule has 14 heavy (non-hydrogen) atoms. The van der Waals surface area contributed by atoms with Crippen LogP contribution >= 0.6 is 0 Å². The van der Waals surface area contributed by atoms with Crippen molar-refractivity contribution in [2.24, 2.45) is 0 Å². The number of hydrogen-bond donors (Lipinski definition) is 1. The summed E-state index contributed by atoms with van der Waals surface area (Å²) in [6, 6.07) is 0. The number of carbonyl (C=O) groups excluding carboxylic acids is 1. The maximum Gasteiger partial charge on any atom is 0.305 e. The highest BCUT2D eigenvalue weighted by molar-refractivity contribution is 5.68. The summed E-state index contributed by atoms with van der Waals surface area (Å²) in [7, 11) is 1.39. The van der Waals surface area contributed by atoms with E-state index in [1.54, 1.807) is 11.0 Å². The summed E-state index contributed by atoms with van der Waals surface area (Å²) >= 11 is 0. The molecule has 0 radical (unpaired) electrons. The molecule has 1 aromatic rings. The largest absolute Gasteiger partial charge is 0.469 e. The quantitative estimate of drug-likeness (QED) is 0.540. The highest BCUT2D eigenvalue weighted by atomic mass is 16.5. The number of esters is 1. The zero-order valence-electron chi connectivity index (χ0n) is 8.14. The van der Waals surface area contributed by atoms with E-state index in [0.29, 0.717) is 6.42 Å². The van der Waals surface area contributed by atoms with Crippen LogP contribution in [0.15, 0.2) is 6.33 Å². The van der Waals surface area contributed by atoms with Gasteiger partial charge in [-0.3, -0.25) is 9.48 Å². The van der Waals surface area contributed by atoms with Gasteiger partial charge in [0.1, 0.15) is 6.33 Å². The fraction of sp³-hybridized carbons (Fsp3) is 0.625. The Hall–Kier alpha value is -1.59. The third-order valence-electron chi connectivity index (χ3n) is 1.80. The molecular formula is C8H14N4O2. The van der Waals surface area contributed by atoms with Crippen LogP contribution in [0, 0.1) is 0 Å². The molecule has 6 heteroatoms. The van der Waals surface area contributed by atoms with Crippen molar-refractivity contribution >= 4 is 11.9 Å². The highest BCUT2D eigenvalue weighted by Gasteiger charge is 2.00. The monoisotopic (exact) mass is 198 g/mol. The maximum atomic E-state index is 10.8. The molecule has 6 nitrogen and oxygen atoms in total. The molecule has 0 spiro atoms. The van der Waals surface area contributed by atoms with Gasteiger partial charge < -0.3 is 10.5 Å². The molecule has 1 aromatic heterocycles. The van der Waals surface area contributed by atoms with Crippen molar-refractivity contribution in [2.45, 2.75) is 25.8 Å². The van der Waals surface area contributed by atoms with Gasteiger partial charge in [0.05, 0.1) is 7.11 Å². The van der Waals surface area contributed by atoms with Crippen LogP contribution in [-0.2, 0) is 16.1 Å². The Balaban J connectivity index is 2.13. The molecule has 0 saturated carbocycles. The number of nitrogens with zero attached hydrogens (tertiary/aromatic N) is 3. The Morgan fingerprint density at radius 1 is 1.64 bits per heavy atom. The topological polar surface area (TPSA) is 83.0 Å². The number of hydrogen-bond acceptors (Lipinski definition) is 5. The van der Waals surface area contributed by atoms with Crippen molar-refractivity contribution in [3.05, 3.63) is 6.33 Å². The van der Waals surface area contributed by atoms with Crippen LogP contribution in [0.3, 0.4) is 0 Å². The van der Waals surface area contributed by atoms with Gasteiger partial charge in [-0.1, -0.05) is 0 Å². The molecule has 0 unspecified atom stereocenters. The van der Waals surface area contributed by atoms with Crippen LogP contribution in [0.5, 0.6) is 0 Å². The van der Waals surface area contributed by atoms with Crippen molar-refractivity contribution < 1.29 is 9.53 Å². The van der Waals surface area contributed by atoms with Crippen molar-refractivity contribution in [1.29, 1.82) is 0 Å². The third kappa shape index (κ3) is 3.42. The first-order chi connectivity index (χ1) is 6.72. The van der Waals surface area contributed by atoms with Gasteiger partial charge in [-0.25, -0.2) is 4.98 Å². The Bertz CT molecular complexity index is 297. The smallest absolute Gasteiger partial charge is 0.305 e. The molecule has 0 bridgehead atoms. The minimum absolute atomic E-state index is 0.178. The number of rotatable bonds is 5. The number of methoxy groups -OCH3 is 1. The summed E-state index contributed by atoms with van der Waals surface area (Å²) in [6.45, 7) is 0.723. The summed E-state index contributed by atoms with van der Waals surface area (Å²) in [5, 5.41) is 3.91. The molecule has 78 valence electrons. The highest BCUT2D eigenvalue weighted by Crippen LogP contribution is 2.00. The molecule has 1 rings (SSSR count). The predicted molar refractivity (Wildman–Crippen MR) is 50.3 cm³/mol. The zero-order valence-corrected chi connectivity index (χ0v) is 8.14. The molecule has 0 aliphatic carbocycles. The van der Waals surface area contributed by atoms with Crippen LogP contribution in [-0.4, -0.2) is 27.8 Å². The Kier molecular flexibility index (Phi) is 3.90. The summed E-state index contributed by atoms with van der Waals surface area (Å²) in [5.74, 6) is 0.0982. The fourth-order valence-electron chi connectivity index (χ4n) is 1.06. The molecule has 0 aromatic carbocycles. The normalized spacial score (nSPS) is 10.1. The molecule has 0 aliphatic heterocycles. The van der Waals surface area contributed by atoms with E-state index >= 15 is 0 Å². The number of ether oxygens (including phenoxy) is 1. The average Bonchev–Trinajstić information content (AvgIpc) is 2.58. The number of aromatic nitrogens is 3. The molecule has 0 amide bonds. The van der Waals surface area contributed by atoms with Crippen LogP contribution in [0.2, 0.25) is 0 Å². The SMILES string of the molecule is COC(=O)CCCCn1cnc(N)n1. The van der Waals surface area contributed by atoms with Gasteiger partial charge in [0.25, 0.3) is 0 Å². The molecule has 1 heterocycles. The van der Waals surface area contributed by atoms with Crippen molar-refractivity contribution in [1.82, 2.24) is 14.8 Å². The van der Waals surface area contributed by atoms with Crippen LogP contribution < -0.4 is 5.73 Å². The van der Waals surface area contributed by atoms with Crippen molar-refractivity contribution in [3.63, 3.8) is 0 Å². The minimum atomic E-state index is -0.178. The van der Waals surface area contributed by atoms with E-state index in [2.05, 4.69) is 14.8 Å². The van der Waals surface area contributed by atoms with E-state index in [9.17, 15) is 4.79 Å². The van der Waals surface area contributed by atoms with Crippen LogP contribution in [0.25, 0.3) is 0 Å². The van der Waals surface area contributed by atoms with Gasteiger partial charge >= 0.3 is 5.97 Å². The van der Waals surface area contributed by atoms with Gasteiger partial charge in [-0.2, -0.15) is 0 Å². The second-order valence-corrected chi connectivity index (χ2v) is 2.90. The van der Waals surface area contributed by atoms with Gasteiger partial charge in [-0.05, 0) is 12.8 Å². The summed E-state index contributed by atoms with van der Waals surface area (Å²) < 4.78 is 6.17. The molecule has 2 N–H and O–H groups in total. The molecule has 0 saturated heterocycles. The van der Waals surface area contributed by atoms with Crippen LogP contribution in [0.4, 0.5) is 5.95 Å². The lowest BCUT2D eigenvalue weighted by Gasteiger charge is -1.99. The van der Waals surface area contributed by atoms with E-state index in [1.165, 1.54) is 7.11 Å². The first-order valence-corrected chi connectivity index (χ1v) is 4.44. The second kappa shape index (κ2) is 5.21. The summed E-state index contributed by atoms with van der Waals surface area (Å²) in [5.41, 5.74) is 5.34. The standard InChI is InChI=1S/C8H14N4O2/c1-14-7(13)4-2-3-5-12-6-10-8(9)11-12/h6H,2-5H2,1H3,(H2,9,11). The van der Waals surface area contributed by atoms with Crippen molar-refractivity contribution in [3.8, 4) is 0 Å². The first-order valence-electron chi connectivity index (χ1n) is 4.44. The zero-order chi connectivity index (χ0) is 10.4. The predicted octanol–water partition coefficient (Wildman–Crippen LogP) is 0.204. The van der Waals surface area contributed by atoms with E-state index in [1.807, 2.05) is 0 Å². The molecular weight excluding hydrogens is 184 g/mol. The number of unbranched alkanes of at least 4 members (excludes halogenated alkanes) is 1. The summed E-state index contributed by atoms with van der Waals surface area (Å²) in [6.07, 6.45) is 3.67. The minimum Gasteiger partial charge on any atom is -0.469 e. The number of carbonyl (C=O) groups is 1. The molecule has 0 aliphatic rings. The number of nitrogens with two attached hydrogens (primary N) is 1.